The van der Waals surface area contributed by atoms with Gasteiger partial charge in [0.25, 0.3) is 0 Å². The first-order valence-electron chi connectivity index (χ1n) is 21.9. The van der Waals surface area contributed by atoms with Crippen LogP contribution in [0.3, 0.4) is 0 Å². The molecule has 0 bridgehead atoms. The second-order valence-electron chi connectivity index (χ2n) is 17.5. The summed E-state index contributed by atoms with van der Waals surface area (Å²) in [5, 5.41) is 0. The number of para-hydroxylation sites is 2. The molecule has 0 spiro atoms. The molecule has 2 nitrogen and oxygen atoms in total. The highest BCUT2D eigenvalue weighted by Crippen LogP contribution is 2.51. The van der Waals surface area contributed by atoms with Crippen LogP contribution >= 0.6 is 0 Å². The highest BCUT2D eigenvalue weighted by molar-refractivity contribution is 5.85. The Morgan fingerprint density at radius 3 is 1.51 bits per heavy atom. The molecule has 0 N–H and O–H groups in total. The maximum absolute atomic E-state index is 2.48. The number of allylic oxidation sites excluding steroid dienone is 2. The van der Waals surface area contributed by atoms with Crippen molar-refractivity contribution < 1.29 is 0 Å². The lowest BCUT2D eigenvalue weighted by atomic mass is 9.69. The van der Waals surface area contributed by atoms with Gasteiger partial charge >= 0.3 is 0 Å². The third-order valence-electron chi connectivity index (χ3n) is 13.7. The van der Waals surface area contributed by atoms with Gasteiger partial charge in [0.2, 0.25) is 0 Å². The molecule has 292 valence electrons. The Morgan fingerprint density at radius 2 is 0.932 bits per heavy atom. The summed E-state index contributed by atoms with van der Waals surface area (Å²) in [5.74, 6) is 0.697. The van der Waals surface area contributed by atoms with Gasteiger partial charge in [-0.15, -0.1) is 0 Å². The molecule has 0 saturated heterocycles. The number of hydrogen-bond acceptors (Lipinski definition) is 2. The summed E-state index contributed by atoms with van der Waals surface area (Å²) < 4.78 is 0. The molecule has 1 atom stereocenters. The Morgan fingerprint density at radius 1 is 0.441 bits per heavy atom. The zero-order chi connectivity index (χ0) is 39.8. The van der Waals surface area contributed by atoms with Gasteiger partial charge in [-0.25, -0.2) is 0 Å². The summed E-state index contributed by atoms with van der Waals surface area (Å²) in [6.45, 7) is 4.72. The Bertz CT molecular complexity index is 2560. The molecule has 2 heteroatoms. The van der Waals surface area contributed by atoms with Crippen molar-refractivity contribution in [2.24, 2.45) is 0 Å². The molecule has 3 aliphatic rings. The predicted octanol–water partition coefficient (Wildman–Crippen LogP) is 16.0. The molecule has 59 heavy (non-hydrogen) atoms. The molecule has 10 rings (SSSR count). The van der Waals surface area contributed by atoms with Gasteiger partial charge < -0.3 is 9.80 Å². The quantitative estimate of drug-likeness (QED) is 0.135. The van der Waals surface area contributed by atoms with E-state index in [0.717, 1.165) is 30.6 Å². The predicted molar refractivity (Wildman–Crippen MR) is 249 cm³/mol. The lowest BCUT2D eigenvalue weighted by Gasteiger charge is -2.36. The minimum Gasteiger partial charge on any atom is -0.311 e. The lowest BCUT2D eigenvalue weighted by Crippen LogP contribution is -2.27. The van der Waals surface area contributed by atoms with Crippen LogP contribution in [0.5, 0.6) is 0 Å². The zero-order valence-electron chi connectivity index (χ0n) is 34.5. The van der Waals surface area contributed by atoms with E-state index in [2.05, 4.69) is 212 Å². The van der Waals surface area contributed by atoms with Crippen molar-refractivity contribution in [3.05, 3.63) is 216 Å². The maximum Gasteiger partial charge on any atom is 0.0465 e. The van der Waals surface area contributed by atoms with Gasteiger partial charge in [-0.1, -0.05) is 148 Å². The molecule has 1 fully saturated rings. The Kier molecular flexibility index (Phi) is 9.81. The standard InChI is InChI=1S/C57H54N2/c1-56(2)54-24-14-13-23-52(54)53-38-37-51(41-55(53)56)59(47-21-11-5-12-22-47)50-35-29-45(30-36-50)57(39-15-6-16-40-57)44-27-33-49(34-28-44)58(46-19-9-4-10-20-46)48-31-25-43(26-32-48)42-17-7-3-8-18-42/h4-5,9-15,19-39,41-42H,3,6-8,16-18,40H2,1-2H3. The van der Waals surface area contributed by atoms with Crippen LogP contribution in [0.4, 0.5) is 34.1 Å². The average molecular weight is 767 g/mol. The molecule has 0 amide bonds. The van der Waals surface area contributed by atoms with E-state index in [1.807, 2.05) is 0 Å². The van der Waals surface area contributed by atoms with Crippen molar-refractivity contribution >= 4 is 34.1 Å². The van der Waals surface area contributed by atoms with E-state index < -0.39 is 0 Å². The van der Waals surface area contributed by atoms with E-state index in [4.69, 9.17) is 0 Å². The van der Waals surface area contributed by atoms with Crippen LogP contribution in [0.1, 0.15) is 98.9 Å². The minimum atomic E-state index is -0.199. The molecule has 0 aromatic heterocycles. The zero-order valence-corrected chi connectivity index (χ0v) is 34.5. The molecular weight excluding hydrogens is 713 g/mol. The third kappa shape index (κ3) is 6.79. The van der Waals surface area contributed by atoms with E-state index in [-0.39, 0.29) is 10.8 Å². The number of hydrogen-bond donors (Lipinski definition) is 0. The first kappa shape index (κ1) is 37.2. The normalized spacial score (nSPS) is 18.2. The van der Waals surface area contributed by atoms with Crippen molar-refractivity contribution in [1.82, 2.24) is 0 Å². The molecule has 3 aliphatic carbocycles. The minimum absolute atomic E-state index is 0.0688. The number of anilines is 6. The van der Waals surface area contributed by atoms with E-state index in [1.165, 1.54) is 93.8 Å². The Hall–Kier alpha value is -6.12. The van der Waals surface area contributed by atoms with Gasteiger partial charge in [-0.2, -0.15) is 0 Å². The van der Waals surface area contributed by atoms with Gasteiger partial charge in [0.15, 0.2) is 0 Å². The first-order valence-corrected chi connectivity index (χ1v) is 21.9. The maximum atomic E-state index is 2.48. The number of nitrogens with zero attached hydrogens (tertiary/aromatic N) is 2. The monoisotopic (exact) mass is 766 g/mol. The molecule has 1 saturated carbocycles. The third-order valence-corrected chi connectivity index (χ3v) is 13.7. The lowest BCUT2D eigenvalue weighted by molar-refractivity contribution is 0.443. The van der Waals surface area contributed by atoms with E-state index >= 15 is 0 Å². The summed E-state index contributed by atoms with van der Waals surface area (Å²) in [6.07, 6.45) is 15.0. The summed E-state index contributed by atoms with van der Waals surface area (Å²) >= 11 is 0. The average Bonchev–Trinajstić information content (AvgIpc) is 3.53. The molecule has 1 unspecified atom stereocenters. The topological polar surface area (TPSA) is 6.48 Å². The van der Waals surface area contributed by atoms with Crippen LogP contribution in [-0.2, 0) is 10.8 Å². The van der Waals surface area contributed by atoms with Gasteiger partial charge in [-0.3, -0.25) is 0 Å². The van der Waals surface area contributed by atoms with Crippen LogP contribution in [0.2, 0.25) is 0 Å². The molecule has 0 heterocycles. The molecule has 0 radical (unpaired) electrons. The van der Waals surface area contributed by atoms with E-state index in [9.17, 15) is 0 Å². The molecule has 7 aromatic rings. The summed E-state index contributed by atoms with van der Waals surface area (Å²) in [4.78, 5) is 4.82. The largest absolute Gasteiger partial charge is 0.311 e. The summed E-state index contributed by atoms with van der Waals surface area (Å²) in [5.41, 5.74) is 16.4. The first-order chi connectivity index (χ1) is 29.0. The highest BCUT2D eigenvalue weighted by Gasteiger charge is 2.36. The fraction of sp³-hybridized carbons (Fsp3) is 0.228. The number of rotatable bonds is 9. The van der Waals surface area contributed by atoms with Crippen molar-refractivity contribution in [2.75, 3.05) is 9.80 Å². The second-order valence-corrected chi connectivity index (χ2v) is 17.5. The van der Waals surface area contributed by atoms with Crippen LogP contribution in [0, 0.1) is 0 Å². The van der Waals surface area contributed by atoms with Gasteiger partial charge in [0.05, 0.1) is 0 Å². The van der Waals surface area contributed by atoms with Gasteiger partial charge in [0.1, 0.15) is 0 Å². The fourth-order valence-electron chi connectivity index (χ4n) is 10.5. The summed E-state index contributed by atoms with van der Waals surface area (Å²) in [6, 6.07) is 65.9. The summed E-state index contributed by atoms with van der Waals surface area (Å²) in [7, 11) is 0. The Balaban J connectivity index is 0.989. The second kappa shape index (κ2) is 15.6. The molecule has 7 aromatic carbocycles. The van der Waals surface area contributed by atoms with E-state index in [0.29, 0.717) is 5.92 Å². The van der Waals surface area contributed by atoms with Crippen molar-refractivity contribution in [1.29, 1.82) is 0 Å². The Labute approximate surface area is 351 Å². The van der Waals surface area contributed by atoms with Gasteiger partial charge in [0, 0.05) is 45.0 Å². The van der Waals surface area contributed by atoms with E-state index in [1.54, 1.807) is 0 Å². The molecule has 0 aliphatic heterocycles. The number of fused-ring (bicyclic) bond motifs is 3. The van der Waals surface area contributed by atoms with Crippen LogP contribution in [-0.4, -0.2) is 0 Å². The molecular formula is C57H54N2. The SMILES string of the molecule is CC1(C)c2ccccc2-c2ccc(N(c3ccccc3)c3ccc(C4(c5ccc(N(c6ccccc6)c6ccc(C7CCCCC7)cc6)cc5)C=CCCC4)cc3)cc21. The van der Waals surface area contributed by atoms with Crippen LogP contribution in [0.25, 0.3) is 11.1 Å². The van der Waals surface area contributed by atoms with Crippen LogP contribution < -0.4 is 9.80 Å². The smallest absolute Gasteiger partial charge is 0.0465 e. The van der Waals surface area contributed by atoms with Crippen molar-refractivity contribution in [3.8, 4) is 11.1 Å². The fourth-order valence-corrected chi connectivity index (χ4v) is 10.5. The van der Waals surface area contributed by atoms with Crippen molar-refractivity contribution in [2.45, 2.75) is 82.0 Å². The highest BCUT2D eigenvalue weighted by atomic mass is 15.1. The van der Waals surface area contributed by atoms with Gasteiger partial charge in [-0.05, 0) is 150 Å². The van der Waals surface area contributed by atoms with Crippen molar-refractivity contribution in [3.63, 3.8) is 0 Å². The number of benzene rings is 7. The van der Waals surface area contributed by atoms with Crippen LogP contribution in [0.15, 0.2) is 188 Å².